The molecule has 0 atom stereocenters. The average molecular weight is 1470 g/mol. The number of aromatic nitrogens is 7. The standard InChI is InChI=1S/C105H70N10/c1-4-31-77(32-5-1)113-100-43-19-16-40-92(100)106-103(113)74-49-55-80(56-50-74)109(95-46-22-28-71-25-10-13-37-87(71)95)83-61-63-84(64-62-83)112-98-67-65-85(110(96-47-23-29-72-26-11-14-38-88(72)96)81-57-51-75(52-58-81)104-107-93-41-17-20-44-101(93)114(104)78-33-6-2-7-34-78)69-90(98)91-70-86(66-68-99(91)112)111(97-48-24-30-73-27-12-15-39-89(73)97)82-59-53-76(54-60-82)105-108-94-42-18-21-45-102(94)115(105)79-35-8-3-9-36-79/h1-70H. The Labute approximate surface area is 663 Å². The molecular weight excluding hydrogens is 1400 g/mol. The van der Waals surface area contributed by atoms with Gasteiger partial charge in [0.15, 0.2) is 0 Å². The fraction of sp³-hybridized carbons (Fsp3) is 0. The van der Waals surface area contributed by atoms with E-state index in [4.69, 9.17) is 15.0 Å². The molecule has 18 aromatic carbocycles. The topological polar surface area (TPSA) is 68.1 Å². The lowest BCUT2D eigenvalue weighted by Gasteiger charge is -2.27. The number of benzene rings is 18. The van der Waals surface area contributed by atoms with Crippen molar-refractivity contribution in [2.24, 2.45) is 0 Å². The molecule has 0 amide bonds. The maximum atomic E-state index is 5.31. The SMILES string of the molecule is c1ccc(-n2c(-c3ccc(N(c4ccc(-n5c6ccc(N(c7ccc(-c8nc9ccccc9n8-c8ccccc8)cc7)c7cccc8ccccc78)cc6c6cc(N(c7ccc(-c8nc9ccccc9n8-c8ccccc8)cc7)c7cccc8ccccc78)ccc65)cc4)c4cccc5ccccc45)cc3)nc3ccccc32)cc1. The van der Waals surface area contributed by atoms with Crippen molar-refractivity contribution in [1.82, 2.24) is 33.2 Å². The second-order valence-corrected chi connectivity index (χ2v) is 29.2. The molecule has 0 fully saturated rings. The number of hydrogen-bond acceptors (Lipinski definition) is 6. The van der Waals surface area contributed by atoms with Gasteiger partial charge in [0.25, 0.3) is 0 Å². The molecule has 4 heterocycles. The fourth-order valence-corrected chi connectivity index (χ4v) is 17.3. The van der Waals surface area contributed by atoms with Crippen LogP contribution in [0.1, 0.15) is 0 Å². The van der Waals surface area contributed by atoms with Crippen LogP contribution in [0.5, 0.6) is 0 Å². The molecular formula is C105H70N10. The van der Waals surface area contributed by atoms with E-state index in [9.17, 15) is 0 Å². The summed E-state index contributed by atoms with van der Waals surface area (Å²) in [7, 11) is 0. The summed E-state index contributed by atoms with van der Waals surface area (Å²) < 4.78 is 9.25. The second-order valence-electron chi connectivity index (χ2n) is 29.2. The van der Waals surface area contributed by atoms with Gasteiger partial charge in [0.05, 0.1) is 61.2 Å². The minimum absolute atomic E-state index is 0.874. The van der Waals surface area contributed by atoms with Crippen LogP contribution in [0.15, 0.2) is 425 Å². The molecule has 0 N–H and O–H groups in total. The summed E-state index contributed by atoms with van der Waals surface area (Å²) in [4.78, 5) is 23.1. The molecule has 4 aromatic heterocycles. The Balaban J connectivity index is 0.727. The second kappa shape index (κ2) is 27.7. The third-order valence-electron chi connectivity index (χ3n) is 22.5. The van der Waals surface area contributed by atoms with Gasteiger partial charge in [-0.25, -0.2) is 15.0 Å². The number of hydrogen-bond donors (Lipinski definition) is 0. The maximum Gasteiger partial charge on any atom is 0.145 e. The van der Waals surface area contributed by atoms with E-state index >= 15 is 0 Å². The Morgan fingerprint density at radius 2 is 0.435 bits per heavy atom. The van der Waals surface area contributed by atoms with Crippen LogP contribution >= 0.6 is 0 Å². The van der Waals surface area contributed by atoms with Crippen LogP contribution in [0.2, 0.25) is 0 Å². The normalized spacial score (nSPS) is 11.7. The van der Waals surface area contributed by atoms with Crippen molar-refractivity contribution in [3.8, 4) is 56.9 Å². The molecule has 0 radical (unpaired) electrons. The van der Waals surface area contributed by atoms with E-state index in [1.54, 1.807) is 0 Å². The number of anilines is 9. The van der Waals surface area contributed by atoms with Gasteiger partial charge in [-0.1, -0.05) is 200 Å². The summed E-state index contributed by atoms with van der Waals surface area (Å²) >= 11 is 0. The average Bonchev–Trinajstić information content (AvgIpc) is 1.61. The maximum absolute atomic E-state index is 5.31. The molecule has 0 aliphatic rings. The van der Waals surface area contributed by atoms with Gasteiger partial charge in [-0.15, -0.1) is 0 Å². The summed E-state index contributed by atoms with van der Waals surface area (Å²) in [6.45, 7) is 0. The zero-order valence-corrected chi connectivity index (χ0v) is 62.4. The van der Waals surface area contributed by atoms with Crippen molar-refractivity contribution < 1.29 is 0 Å². The van der Waals surface area contributed by atoms with E-state index in [-0.39, 0.29) is 0 Å². The van der Waals surface area contributed by atoms with Gasteiger partial charge in [-0.3, -0.25) is 13.7 Å². The number of para-hydroxylation sites is 9. The van der Waals surface area contributed by atoms with Crippen LogP contribution in [0, 0.1) is 0 Å². The Kier molecular flexibility index (Phi) is 16.0. The molecule has 0 unspecified atom stereocenters. The zero-order chi connectivity index (χ0) is 75.9. The molecule has 22 aromatic rings. The lowest BCUT2D eigenvalue weighted by molar-refractivity contribution is 1.10. The van der Waals surface area contributed by atoms with Crippen molar-refractivity contribution in [3.63, 3.8) is 0 Å². The van der Waals surface area contributed by atoms with Crippen LogP contribution < -0.4 is 14.7 Å². The largest absolute Gasteiger partial charge is 0.310 e. The molecule has 0 saturated heterocycles. The molecule has 115 heavy (non-hydrogen) atoms. The summed E-state index contributed by atoms with van der Waals surface area (Å²) in [5.74, 6) is 2.63. The van der Waals surface area contributed by atoms with Gasteiger partial charge in [0.2, 0.25) is 0 Å². The van der Waals surface area contributed by atoms with Crippen LogP contribution in [0.4, 0.5) is 51.2 Å². The minimum Gasteiger partial charge on any atom is -0.310 e. The highest BCUT2D eigenvalue weighted by molar-refractivity contribution is 6.13. The first kappa shape index (κ1) is 66.3. The summed E-state index contributed by atoms with van der Waals surface area (Å²) in [5.41, 5.74) is 24.5. The van der Waals surface area contributed by atoms with Crippen LogP contribution in [-0.4, -0.2) is 33.2 Å². The lowest BCUT2D eigenvalue weighted by Crippen LogP contribution is -2.11. The fourth-order valence-electron chi connectivity index (χ4n) is 17.3. The molecule has 0 spiro atoms. The quantitative estimate of drug-likeness (QED) is 0.0960. The van der Waals surface area contributed by atoms with Crippen LogP contribution in [-0.2, 0) is 0 Å². The van der Waals surface area contributed by atoms with Crippen molar-refractivity contribution in [3.05, 3.63) is 425 Å². The molecule has 0 saturated carbocycles. The minimum atomic E-state index is 0.874. The van der Waals surface area contributed by atoms with Gasteiger partial charge in [-0.2, -0.15) is 0 Å². The van der Waals surface area contributed by atoms with E-state index in [2.05, 4.69) is 458 Å². The van der Waals surface area contributed by atoms with Gasteiger partial charge < -0.3 is 19.3 Å². The molecule has 10 heteroatoms. The Bertz CT molecular complexity index is 7140. The molecule has 540 valence electrons. The smallest absolute Gasteiger partial charge is 0.145 e. The van der Waals surface area contributed by atoms with E-state index in [0.717, 1.165) is 195 Å². The van der Waals surface area contributed by atoms with Gasteiger partial charge >= 0.3 is 0 Å². The number of nitrogens with zero attached hydrogens (tertiary/aromatic N) is 10. The first-order valence-electron chi connectivity index (χ1n) is 39.0. The highest BCUT2D eigenvalue weighted by atomic mass is 15.2. The Morgan fingerprint density at radius 1 is 0.174 bits per heavy atom. The van der Waals surface area contributed by atoms with Crippen molar-refractivity contribution in [2.75, 3.05) is 14.7 Å². The Morgan fingerprint density at radius 3 is 0.774 bits per heavy atom. The van der Waals surface area contributed by atoms with Crippen molar-refractivity contribution in [2.45, 2.75) is 0 Å². The van der Waals surface area contributed by atoms with E-state index in [1.165, 1.54) is 0 Å². The van der Waals surface area contributed by atoms with Crippen molar-refractivity contribution >= 4 is 138 Å². The van der Waals surface area contributed by atoms with E-state index < -0.39 is 0 Å². The first-order chi connectivity index (χ1) is 57.0. The molecule has 22 rings (SSSR count). The Hall–Kier alpha value is -15.7. The predicted octanol–water partition coefficient (Wildman–Crippen LogP) is 27.7. The van der Waals surface area contributed by atoms with Crippen molar-refractivity contribution in [1.29, 1.82) is 0 Å². The van der Waals surface area contributed by atoms with E-state index in [0.29, 0.717) is 0 Å². The first-order valence-corrected chi connectivity index (χ1v) is 39.0. The monoisotopic (exact) mass is 1470 g/mol. The summed E-state index contributed by atoms with van der Waals surface area (Å²) in [6.07, 6.45) is 0. The number of fused-ring (bicyclic) bond motifs is 9. The van der Waals surface area contributed by atoms with Crippen LogP contribution in [0.25, 0.3) is 144 Å². The highest BCUT2D eigenvalue weighted by Crippen LogP contribution is 2.48. The molecule has 10 nitrogen and oxygen atoms in total. The van der Waals surface area contributed by atoms with Gasteiger partial charge in [-0.05, 0) is 241 Å². The molecule has 0 aliphatic carbocycles. The molecule has 0 aliphatic heterocycles. The number of imidazole rings is 3. The molecule has 0 bridgehead atoms. The van der Waals surface area contributed by atoms with Gasteiger partial charge in [0, 0.05) is 100 Å². The summed E-state index contributed by atoms with van der Waals surface area (Å²) in [6, 6.07) is 153. The lowest BCUT2D eigenvalue weighted by atomic mass is 10.0. The van der Waals surface area contributed by atoms with Gasteiger partial charge in [0.1, 0.15) is 17.5 Å². The van der Waals surface area contributed by atoms with Crippen LogP contribution in [0.3, 0.4) is 0 Å². The third-order valence-corrected chi connectivity index (χ3v) is 22.5. The highest BCUT2D eigenvalue weighted by Gasteiger charge is 2.26. The zero-order valence-electron chi connectivity index (χ0n) is 62.4. The van der Waals surface area contributed by atoms with E-state index in [1.807, 2.05) is 0 Å². The summed E-state index contributed by atoms with van der Waals surface area (Å²) in [5, 5.41) is 9.05. The number of rotatable bonds is 16. The third kappa shape index (κ3) is 11.5. The predicted molar refractivity (Wildman–Crippen MR) is 478 cm³/mol.